The van der Waals surface area contributed by atoms with E-state index in [9.17, 15) is 9.59 Å². The van der Waals surface area contributed by atoms with E-state index in [1.807, 2.05) is 50.2 Å². The zero-order valence-electron chi connectivity index (χ0n) is 17.3. The number of nitrogens with one attached hydrogen (secondary N) is 1. The van der Waals surface area contributed by atoms with Crippen LogP contribution < -0.4 is 10.2 Å². The van der Waals surface area contributed by atoms with Gasteiger partial charge in [0.15, 0.2) is 0 Å². The Morgan fingerprint density at radius 1 is 1.19 bits per heavy atom. The van der Waals surface area contributed by atoms with Crippen molar-refractivity contribution < 1.29 is 14.3 Å². The molecular weight excluding hydrogens is 416 g/mol. The van der Waals surface area contributed by atoms with Gasteiger partial charge >= 0.3 is 6.09 Å². The van der Waals surface area contributed by atoms with Crippen LogP contribution in [0.3, 0.4) is 0 Å². The number of cyclic esters (lactones) is 1. The standard InChI is InChI=1S/C23H23ClN4O3/c1-15(2)21-20(14-26-28(21)18-8-6-17(24)7-9-18)22(29)25-13-16-4-3-5-19(12-16)27-10-11-31-23(27)30/h3-9,12,14-15H,10-11,13H2,1-2H3,(H,25,29). The van der Waals surface area contributed by atoms with Crippen LogP contribution in [0.5, 0.6) is 0 Å². The average Bonchev–Trinajstić information content (AvgIpc) is 3.39. The number of amides is 2. The van der Waals surface area contributed by atoms with Crippen molar-refractivity contribution in [3.8, 4) is 5.69 Å². The molecule has 1 aliphatic rings. The second kappa shape index (κ2) is 8.81. The highest BCUT2D eigenvalue weighted by atomic mass is 35.5. The molecule has 0 bridgehead atoms. The van der Waals surface area contributed by atoms with Gasteiger partial charge in [-0.2, -0.15) is 5.10 Å². The summed E-state index contributed by atoms with van der Waals surface area (Å²) in [6.07, 6.45) is 1.24. The van der Waals surface area contributed by atoms with E-state index in [0.717, 1.165) is 22.6 Å². The predicted molar refractivity (Wildman–Crippen MR) is 119 cm³/mol. The van der Waals surface area contributed by atoms with Crippen molar-refractivity contribution in [2.45, 2.75) is 26.3 Å². The van der Waals surface area contributed by atoms with Gasteiger partial charge in [0.25, 0.3) is 5.91 Å². The first kappa shape index (κ1) is 20.9. The highest BCUT2D eigenvalue weighted by Crippen LogP contribution is 2.24. The molecule has 0 radical (unpaired) electrons. The molecule has 1 fully saturated rings. The summed E-state index contributed by atoms with van der Waals surface area (Å²) < 4.78 is 6.77. The van der Waals surface area contributed by atoms with Crippen LogP contribution in [0.25, 0.3) is 5.69 Å². The number of hydrogen-bond donors (Lipinski definition) is 1. The summed E-state index contributed by atoms with van der Waals surface area (Å²) in [5, 5.41) is 8.05. The van der Waals surface area contributed by atoms with Gasteiger partial charge in [0.1, 0.15) is 6.61 Å². The molecule has 0 aliphatic carbocycles. The van der Waals surface area contributed by atoms with Gasteiger partial charge in [0.05, 0.1) is 29.7 Å². The van der Waals surface area contributed by atoms with Crippen LogP contribution >= 0.6 is 11.6 Å². The maximum absolute atomic E-state index is 13.0. The van der Waals surface area contributed by atoms with E-state index in [2.05, 4.69) is 10.4 Å². The van der Waals surface area contributed by atoms with Gasteiger partial charge in [-0.25, -0.2) is 9.48 Å². The zero-order chi connectivity index (χ0) is 22.0. The van der Waals surface area contributed by atoms with Crippen molar-refractivity contribution in [2.24, 2.45) is 0 Å². The fourth-order valence-corrected chi connectivity index (χ4v) is 3.74. The largest absolute Gasteiger partial charge is 0.447 e. The molecule has 4 rings (SSSR count). The quantitative estimate of drug-likeness (QED) is 0.613. The minimum Gasteiger partial charge on any atom is -0.447 e. The van der Waals surface area contributed by atoms with Crippen molar-refractivity contribution in [1.29, 1.82) is 0 Å². The molecule has 160 valence electrons. The van der Waals surface area contributed by atoms with E-state index in [-0.39, 0.29) is 17.9 Å². The molecule has 1 N–H and O–H groups in total. The van der Waals surface area contributed by atoms with Gasteiger partial charge in [-0.3, -0.25) is 9.69 Å². The van der Waals surface area contributed by atoms with Gasteiger partial charge in [-0.15, -0.1) is 0 Å². The molecule has 1 saturated heterocycles. The minimum absolute atomic E-state index is 0.0865. The molecule has 2 heterocycles. The highest BCUT2D eigenvalue weighted by Gasteiger charge is 2.24. The lowest BCUT2D eigenvalue weighted by atomic mass is 10.0. The zero-order valence-corrected chi connectivity index (χ0v) is 18.1. The first-order valence-electron chi connectivity index (χ1n) is 10.1. The van der Waals surface area contributed by atoms with Crippen molar-refractivity contribution in [2.75, 3.05) is 18.1 Å². The lowest BCUT2D eigenvalue weighted by molar-refractivity contribution is 0.0949. The van der Waals surface area contributed by atoms with Crippen LogP contribution in [0.2, 0.25) is 5.02 Å². The Labute approximate surface area is 185 Å². The molecule has 2 aromatic carbocycles. The van der Waals surface area contributed by atoms with Crippen LogP contribution in [0, 0.1) is 0 Å². The van der Waals surface area contributed by atoms with E-state index in [1.54, 1.807) is 27.9 Å². The summed E-state index contributed by atoms with van der Waals surface area (Å²) in [6.45, 7) is 5.29. The van der Waals surface area contributed by atoms with E-state index >= 15 is 0 Å². The Morgan fingerprint density at radius 3 is 2.65 bits per heavy atom. The van der Waals surface area contributed by atoms with Gasteiger partial charge < -0.3 is 10.1 Å². The second-order valence-electron chi connectivity index (χ2n) is 7.60. The topological polar surface area (TPSA) is 76.5 Å². The molecule has 8 heteroatoms. The minimum atomic E-state index is -0.350. The fourth-order valence-electron chi connectivity index (χ4n) is 3.62. The number of nitrogens with zero attached hydrogens (tertiary/aromatic N) is 3. The third-order valence-corrected chi connectivity index (χ3v) is 5.36. The molecule has 3 aromatic rings. The van der Waals surface area contributed by atoms with Crippen molar-refractivity contribution in [1.82, 2.24) is 15.1 Å². The molecule has 1 aliphatic heterocycles. The smallest absolute Gasteiger partial charge is 0.414 e. The molecule has 2 amide bonds. The van der Waals surface area contributed by atoms with E-state index in [0.29, 0.717) is 30.3 Å². The maximum Gasteiger partial charge on any atom is 0.414 e. The summed E-state index contributed by atoms with van der Waals surface area (Å²) >= 11 is 5.99. The molecule has 0 atom stereocenters. The molecule has 0 saturated carbocycles. The van der Waals surface area contributed by atoms with Crippen molar-refractivity contribution >= 4 is 29.3 Å². The third-order valence-electron chi connectivity index (χ3n) is 5.11. The first-order valence-corrected chi connectivity index (χ1v) is 10.5. The number of carbonyl (C=O) groups is 2. The van der Waals surface area contributed by atoms with E-state index in [1.165, 1.54) is 0 Å². The molecule has 31 heavy (non-hydrogen) atoms. The van der Waals surface area contributed by atoms with Crippen molar-refractivity contribution in [3.05, 3.63) is 76.6 Å². The third kappa shape index (κ3) is 4.41. The number of hydrogen-bond acceptors (Lipinski definition) is 4. The second-order valence-corrected chi connectivity index (χ2v) is 8.04. The number of halogens is 1. The maximum atomic E-state index is 13.0. The molecule has 0 spiro atoms. The van der Waals surface area contributed by atoms with Gasteiger partial charge in [-0.05, 0) is 47.9 Å². The Bertz CT molecular complexity index is 1110. The molecule has 1 aromatic heterocycles. The SMILES string of the molecule is CC(C)c1c(C(=O)NCc2cccc(N3CCOC3=O)c2)cnn1-c1ccc(Cl)cc1. The number of rotatable bonds is 6. The van der Waals surface area contributed by atoms with Gasteiger partial charge in [-0.1, -0.05) is 37.6 Å². The fraction of sp³-hybridized carbons (Fsp3) is 0.261. The first-order chi connectivity index (χ1) is 14.9. The lowest BCUT2D eigenvalue weighted by Crippen LogP contribution is -2.25. The molecular formula is C23H23ClN4O3. The monoisotopic (exact) mass is 438 g/mol. The number of anilines is 1. The Morgan fingerprint density at radius 2 is 1.97 bits per heavy atom. The predicted octanol–water partition coefficient (Wildman–Crippen LogP) is 4.54. The van der Waals surface area contributed by atoms with Crippen LogP contribution in [-0.4, -0.2) is 34.9 Å². The van der Waals surface area contributed by atoms with E-state index < -0.39 is 0 Å². The van der Waals surface area contributed by atoms with E-state index in [4.69, 9.17) is 16.3 Å². The average molecular weight is 439 g/mol. The van der Waals surface area contributed by atoms with Crippen LogP contribution in [0.1, 0.15) is 41.4 Å². The normalized spacial score (nSPS) is 13.5. The molecule has 7 nitrogen and oxygen atoms in total. The van der Waals surface area contributed by atoms with Crippen LogP contribution in [-0.2, 0) is 11.3 Å². The Hall–Kier alpha value is -3.32. The van der Waals surface area contributed by atoms with Crippen LogP contribution in [0.4, 0.5) is 10.5 Å². The number of aromatic nitrogens is 2. The summed E-state index contributed by atoms with van der Waals surface area (Å²) in [6, 6.07) is 14.8. The highest BCUT2D eigenvalue weighted by molar-refractivity contribution is 6.30. The van der Waals surface area contributed by atoms with Crippen LogP contribution in [0.15, 0.2) is 54.7 Å². The number of ether oxygens (including phenoxy) is 1. The summed E-state index contributed by atoms with van der Waals surface area (Å²) in [4.78, 5) is 26.3. The number of benzene rings is 2. The summed E-state index contributed by atoms with van der Waals surface area (Å²) in [7, 11) is 0. The molecule has 0 unspecified atom stereocenters. The lowest BCUT2D eigenvalue weighted by Gasteiger charge is -2.15. The number of carbonyl (C=O) groups excluding carboxylic acids is 2. The van der Waals surface area contributed by atoms with Crippen molar-refractivity contribution in [3.63, 3.8) is 0 Å². The van der Waals surface area contributed by atoms with Gasteiger partial charge in [0, 0.05) is 17.3 Å². The van der Waals surface area contributed by atoms with Gasteiger partial charge in [0.2, 0.25) is 0 Å². The summed E-state index contributed by atoms with van der Waals surface area (Å²) in [5.74, 6) is -0.113. The Balaban J connectivity index is 1.52. The summed E-state index contributed by atoms with van der Waals surface area (Å²) in [5.41, 5.74) is 3.85. The Kier molecular flexibility index (Phi) is 5.95.